The average Bonchev–Trinajstić information content (AvgIpc) is 2.13. The Balaban J connectivity index is 3.63. The third kappa shape index (κ3) is 2.66. The Morgan fingerprint density at radius 2 is 1.56 bits per heavy atom. The van der Waals surface area contributed by atoms with E-state index in [2.05, 4.69) is 0 Å². The van der Waals surface area contributed by atoms with E-state index in [0.717, 1.165) is 0 Å². The summed E-state index contributed by atoms with van der Waals surface area (Å²) in [6.45, 7) is 0. The van der Waals surface area contributed by atoms with Crippen molar-refractivity contribution in [3.63, 3.8) is 0 Å². The van der Waals surface area contributed by atoms with Crippen molar-refractivity contribution in [2.24, 2.45) is 0 Å². The Kier molecular flexibility index (Phi) is 3.20. The van der Waals surface area contributed by atoms with Gasteiger partial charge >= 0.3 is 18.3 Å². The summed E-state index contributed by atoms with van der Waals surface area (Å²) in [7, 11) is 0. The molecule has 0 aliphatic carbocycles. The summed E-state index contributed by atoms with van der Waals surface area (Å²) in [4.78, 5) is 10.6. The molecule has 0 amide bonds. The van der Waals surface area contributed by atoms with Gasteiger partial charge in [0, 0.05) is 0 Å². The van der Waals surface area contributed by atoms with Gasteiger partial charge in [-0.3, -0.25) is 0 Å². The van der Waals surface area contributed by atoms with Gasteiger partial charge in [-0.05, 0) is 12.1 Å². The van der Waals surface area contributed by atoms with E-state index in [9.17, 15) is 31.1 Å². The first kappa shape index (κ1) is 14.1. The molecule has 0 saturated carbocycles. The fourth-order valence-electron chi connectivity index (χ4n) is 1.23. The number of hydrogen-bond donors (Lipinski definition) is 2. The topological polar surface area (TPSA) is 63.3 Å². The van der Waals surface area contributed by atoms with Gasteiger partial charge in [0.2, 0.25) is 0 Å². The normalized spacial score (nSPS) is 12.6. The van der Waals surface area contributed by atoms with Crippen LogP contribution in [0, 0.1) is 0 Å². The van der Waals surface area contributed by atoms with E-state index in [0.29, 0.717) is 0 Å². The fourth-order valence-corrected chi connectivity index (χ4v) is 1.23. The lowest BCUT2D eigenvalue weighted by atomic mass is 10.0. The molecular formula is C9H5F6NO2. The number of hydrogen-bond acceptors (Lipinski definition) is 2. The summed E-state index contributed by atoms with van der Waals surface area (Å²) in [5.74, 6) is -1.97. The molecule has 100 valence electrons. The molecule has 1 rings (SSSR count). The molecule has 3 nitrogen and oxygen atoms in total. The lowest BCUT2D eigenvalue weighted by molar-refractivity contribution is -0.142. The summed E-state index contributed by atoms with van der Waals surface area (Å²) in [5.41, 5.74) is -1.12. The van der Waals surface area contributed by atoms with Crippen molar-refractivity contribution in [1.29, 1.82) is 0 Å². The molecule has 3 N–H and O–H groups in total. The van der Waals surface area contributed by atoms with Crippen LogP contribution in [0.25, 0.3) is 0 Å². The Morgan fingerprint density at radius 3 is 1.89 bits per heavy atom. The smallest absolute Gasteiger partial charge is 0.418 e. The van der Waals surface area contributed by atoms with Gasteiger partial charge in [-0.2, -0.15) is 26.3 Å². The minimum absolute atomic E-state index is 0.0624. The summed E-state index contributed by atoms with van der Waals surface area (Å²) in [6.07, 6.45) is -10.3. The predicted molar refractivity (Wildman–Crippen MR) is 47.8 cm³/mol. The summed E-state index contributed by atoms with van der Waals surface area (Å²) in [5, 5.41) is 8.53. The second kappa shape index (κ2) is 4.07. The maximum Gasteiger partial charge on any atom is 0.418 e. The molecule has 0 saturated heterocycles. The lowest BCUT2D eigenvalue weighted by Gasteiger charge is -2.15. The predicted octanol–water partition coefficient (Wildman–Crippen LogP) is 3.00. The fraction of sp³-hybridized carbons (Fsp3) is 0.222. The standard InChI is InChI=1S/C9H5F6NO2/c10-8(11,12)3-1-4(7(17)18)6(16)5(2-3)9(13,14)15/h1-2H,16H2,(H,17,18). The Bertz CT molecular complexity index is 491. The van der Waals surface area contributed by atoms with Gasteiger partial charge in [0.05, 0.1) is 22.4 Å². The highest BCUT2D eigenvalue weighted by Crippen LogP contribution is 2.40. The number of carboxylic acid groups (broad SMARTS) is 1. The molecule has 0 atom stereocenters. The van der Waals surface area contributed by atoms with E-state index in [1.807, 2.05) is 0 Å². The summed E-state index contributed by atoms with van der Waals surface area (Å²) >= 11 is 0. The van der Waals surface area contributed by atoms with Gasteiger partial charge in [0.25, 0.3) is 0 Å². The molecule has 9 heteroatoms. The van der Waals surface area contributed by atoms with Crippen molar-refractivity contribution in [3.05, 3.63) is 28.8 Å². The first-order chi connectivity index (χ1) is 7.94. The lowest BCUT2D eigenvalue weighted by Crippen LogP contribution is -2.17. The first-order valence-electron chi connectivity index (χ1n) is 4.26. The SMILES string of the molecule is Nc1c(C(=O)O)cc(C(F)(F)F)cc1C(F)(F)F. The molecule has 0 spiro atoms. The van der Waals surface area contributed by atoms with Crippen molar-refractivity contribution >= 4 is 11.7 Å². The zero-order valence-electron chi connectivity index (χ0n) is 8.36. The molecule has 0 bridgehead atoms. The number of carbonyl (C=O) groups is 1. The highest BCUT2D eigenvalue weighted by atomic mass is 19.4. The van der Waals surface area contributed by atoms with Gasteiger partial charge in [0.15, 0.2) is 0 Å². The molecule has 1 aromatic rings. The number of nitrogen functional groups attached to an aromatic ring is 1. The van der Waals surface area contributed by atoms with E-state index in [1.54, 1.807) is 0 Å². The molecule has 0 aromatic heterocycles. The molecule has 0 radical (unpaired) electrons. The zero-order chi connectivity index (χ0) is 14.3. The molecule has 0 fully saturated rings. The van der Waals surface area contributed by atoms with Crippen LogP contribution in [-0.4, -0.2) is 11.1 Å². The molecule has 0 aliphatic rings. The second-order valence-electron chi connectivity index (χ2n) is 3.29. The molecule has 0 aliphatic heterocycles. The molecule has 1 aromatic carbocycles. The van der Waals surface area contributed by atoms with Crippen LogP contribution < -0.4 is 5.73 Å². The van der Waals surface area contributed by atoms with Crippen molar-refractivity contribution in [3.8, 4) is 0 Å². The molecule has 18 heavy (non-hydrogen) atoms. The van der Waals surface area contributed by atoms with E-state index in [4.69, 9.17) is 10.8 Å². The third-order valence-corrected chi connectivity index (χ3v) is 2.04. The van der Waals surface area contributed by atoms with Crippen LogP contribution in [0.4, 0.5) is 32.0 Å². The number of carboxylic acids is 1. The van der Waals surface area contributed by atoms with E-state index in [-0.39, 0.29) is 12.1 Å². The third-order valence-electron chi connectivity index (χ3n) is 2.04. The number of benzene rings is 1. The van der Waals surface area contributed by atoms with Crippen LogP contribution >= 0.6 is 0 Å². The maximum atomic E-state index is 12.4. The van der Waals surface area contributed by atoms with Gasteiger partial charge < -0.3 is 10.8 Å². The van der Waals surface area contributed by atoms with Crippen LogP contribution in [0.2, 0.25) is 0 Å². The highest BCUT2D eigenvalue weighted by molar-refractivity contribution is 5.94. The number of rotatable bonds is 1. The van der Waals surface area contributed by atoms with Gasteiger partial charge in [0.1, 0.15) is 0 Å². The number of aromatic carboxylic acids is 1. The van der Waals surface area contributed by atoms with Crippen LogP contribution in [0.3, 0.4) is 0 Å². The molecule has 0 unspecified atom stereocenters. The summed E-state index contributed by atoms with van der Waals surface area (Å²) in [6, 6.07) is -0.158. The van der Waals surface area contributed by atoms with E-state index in [1.165, 1.54) is 0 Å². The van der Waals surface area contributed by atoms with Crippen molar-refractivity contribution < 1.29 is 36.2 Å². The van der Waals surface area contributed by atoms with Crippen LogP contribution in [-0.2, 0) is 12.4 Å². The highest BCUT2D eigenvalue weighted by Gasteiger charge is 2.39. The quantitative estimate of drug-likeness (QED) is 0.610. The average molecular weight is 273 g/mol. The summed E-state index contributed by atoms with van der Waals surface area (Å²) < 4.78 is 74.3. The Hall–Kier alpha value is -1.93. The van der Waals surface area contributed by atoms with Gasteiger partial charge in [-0.25, -0.2) is 4.79 Å². The van der Waals surface area contributed by atoms with Crippen LogP contribution in [0.5, 0.6) is 0 Å². The number of alkyl halides is 6. The number of nitrogens with two attached hydrogens (primary N) is 1. The monoisotopic (exact) mass is 273 g/mol. The number of anilines is 1. The largest absolute Gasteiger partial charge is 0.478 e. The minimum Gasteiger partial charge on any atom is -0.478 e. The first-order valence-corrected chi connectivity index (χ1v) is 4.26. The number of halogens is 6. The van der Waals surface area contributed by atoms with Gasteiger partial charge in [-0.15, -0.1) is 0 Å². The van der Waals surface area contributed by atoms with Gasteiger partial charge in [-0.1, -0.05) is 0 Å². The van der Waals surface area contributed by atoms with Crippen molar-refractivity contribution in [1.82, 2.24) is 0 Å². The zero-order valence-corrected chi connectivity index (χ0v) is 8.36. The molecular weight excluding hydrogens is 268 g/mol. The van der Waals surface area contributed by atoms with E-state index >= 15 is 0 Å². The van der Waals surface area contributed by atoms with Crippen molar-refractivity contribution in [2.45, 2.75) is 12.4 Å². The van der Waals surface area contributed by atoms with Crippen molar-refractivity contribution in [2.75, 3.05) is 5.73 Å². The minimum atomic E-state index is -5.17. The Morgan fingerprint density at radius 1 is 1.06 bits per heavy atom. The molecule has 0 heterocycles. The van der Waals surface area contributed by atoms with Crippen LogP contribution in [0.1, 0.15) is 21.5 Å². The maximum absolute atomic E-state index is 12.4. The van der Waals surface area contributed by atoms with E-state index < -0.39 is 40.7 Å². The van der Waals surface area contributed by atoms with Crippen LogP contribution in [0.15, 0.2) is 12.1 Å². The second-order valence-corrected chi connectivity index (χ2v) is 3.29. The Labute approximate surface area is 95.8 Å².